The van der Waals surface area contributed by atoms with Crippen molar-refractivity contribution < 1.29 is 9.47 Å². The lowest BCUT2D eigenvalue weighted by Crippen LogP contribution is -1.95. The maximum absolute atomic E-state index is 5.65. The minimum Gasteiger partial charge on any atom is -0.377 e. The SMILES string of the molecule is c1ccc(COCCCCCCC[C@@H]2CO2)cc1. The van der Waals surface area contributed by atoms with E-state index < -0.39 is 0 Å². The number of ether oxygens (including phenoxy) is 2. The molecule has 1 aliphatic heterocycles. The Kier molecular flexibility index (Phi) is 6.24. The second kappa shape index (κ2) is 8.28. The van der Waals surface area contributed by atoms with Crippen molar-refractivity contribution in [2.24, 2.45) is 0 Å². The van der Waals surface area contributed by atoms with Gasteiger partial charge in [0.15, 0.2) is 0 Å². The fraction of sp³-hybridized carbons (Fsp3) is 0.625. The minimum atomic E-state index is 0.610. The molecule has 1 atom stereocenters. The first-order valence-electron chi connectivity index (χ1n) is 7.18. The third kappa shape index (κ3) is 6.18. The van der Waals surface area contributed by atoms with Crippen molar-refractivity contribution in [3.63, 3.8) is 0 Å². The lowest BCUT2D eigenvalue weighted by atomic mass is 10.1. The number of unbranched alkanes of at least 4 members (excludes halogenated alkanes) is 4. The Bertz CT molecular complexity index is 306. The highest BCUT2D eigenvalue weighted by atomic mass is 16.6. The van der Waals surface area contributed by atoms with Gasteiger partial charge in [-0.2, -0.15) is 0 Å². The Hall–Kier alpha value is -0.860. The Labute approximate surface area is 110 Å². The molecule has 1 aliphatic rings. The highest BCUT2D eigenvalue weighted by Crippen LogP contribution is 2.17. The molecule has 18 heavy (non-hydrogen) atoms. The molecule has 1 heterocycles. The van der Waals surface area contributed by atoms with Gasteiger partial charge in [-0.05, 0) is 18.4 Å². The van der Waals surface area contributed by atoms with E-state index in [1.165, 1.54) is 44.1 Å². The molecule has 0 N–H and O–H groups in total. The maximum Gasteiger partial charge on any atom is 0.0810 e. The van der Waals surface area contributed by atoms with Crippen LogP contribution in [-0.2, 0) is 16.1 Å². The minimum absolute atomic E-state index is 0.610. The second-order valence-electron chi connectivity index (χ2n) is 5.05. The summed E-state index contributed by atoms with van der Waals surface area (Å²) in [5.74, 6) is 0. The lowest BCUT2D eigenvalue weighted by molar-refractivity contribution is 0.116. The van der Waals surface area contributed by atoms with Crippen molar-refractivity contribution in [1.29, 1.82) is 0 Å². The molecule has 0 unspecified atom stereocenters. The predicted octanol–water partition coefficient (Wildman–Crippen LogP) is 3.94. The van der Waals surface area contributed by atoms with Gasteiger partial charge < -0.3 is 9.47 Å². The van der Waals surface area contributed by atoms with E-state index in [0.717, 1.165) is 19.8 Å². The van der Waals surface area contributed by atoms with Crippen molar-refractivity contribution >= 4 is 0 Å². The molecule has 100 valence electrons. The van der Waals surface area contributed by atoms with Gasteiger partial charge >= 0.3 is 0 Å². The van der Waals surface area contributed by atoms with Crippen LogP contribution in [0, 0.1) is 0 Å². The number of rotatable bonds is 10. The average Bonchev–Trinajstić information content (AvgIpc) is 3.22. The molecule has 2 heteroatoms. The summed E-state index contributed by atoms with van der Waals surface area (Å²) in [5, 5.41) is 0. The molecule has 1 aromatic rings. The van der Waals surface area contributed by atoms with Crippen LogP contribution in [0.15, 0.2) is 30.3 Å². The standard InChI is InChI=1S/C16H24O2/c1(2-7-11-16-14-18-16)3-8-12-17-13-15-9-5-4-6-10-15/h4-6,9-10,16H,1-3,7-8,11-14H2/t16-/m1/s1. The first kappa shape index (κ1) is 13.6. The predicted molar refractivity (Wildman–Crippen MR) is 73.5 cm³/mol. The monoisotopic (exact) mass is 248 g/mol. The van der Waals surface area contributed by atoms with E-state index in [1.54, 1.807) is 0 Å². The molecule has 2 rings (SSSR count). The second-order valence-corrected chi connectivity index (χ2v) is 5.05. The molecular weight excluding hydrogens is 224 g/mol. The summed E-state index contributed by atoms with van der Waals surface area (Å²) >= 11 is 0. The van der Waals surface area contributed by atoms with Crippen LogP contribution in [0.4, 0.5) is 0 Å². The van der Waals surface area contributed by atoms with Gasteiger partial charge in [0.05, 0.1) is 19.3 Å². The summed E-state index contributed by atoms with van der Waals surface area (Å²) in [6.45, 7) is 2.65. The number of epoxide rings is 1. The number of benzene rings is 1. The fourth-order valence-corrected chi connectivity index (χ4v) is 2.11. The molecule has 0 saturated carbocycles. The van der Waals surface area contributed by atoms with Gasteiger partial charge in [-0.15, -0.1) is 0 Å². The number of hydrogen-bond acceptors (Lipinski definition) is 2. The highest BCUT2D eigenvalue weighted by molar-refractivity contribution is 5.13. The summed E-state index contributed by atoms with van der Waals surface area (Å²) in [7, 11) is 0. The summed E-state index contributed by atoms with van der Waals surface area (Å²) in [6.07, 6.45) is 8.37. The molecule has 0 bridgehead atoms. The van der Waals surface area contributed by atoms with E-state index in [-0.39, 0.29) is 0 Å². The van der Waals surface area contributed by atoms with Crippen LogP contribution >= 0.6 is 0 Å². The zero-order valence-corrected chi connectivity index (χ0v) is 11.1. The quantitative estimate of drug-likeness (QED) is 0.462. The molecule has 0 radical (unpaired) electrons. The van der Waals surface area contributed by atoms with Crippen LogP contribution in [0.5, 0.6) is 0 Å². The normalized spacial score (nSPS) is 17.9. The van der Waals surface area contributed by atoms with Crippen molar-refractivity contribution in [2.75, 3.05) is 13.2 Å². The third-order valence-electron chi connectivity index (χ3n) is 3.33. The summed E-state index contributed by atoms with van der Waals surface area (Å²) in [5.41, 5.74) is 1.27. The number of hydrogen-bond donors (Lipinski definition) is 0. The van der Waals surface area contributed by atoms with Crippen LogP contribution in [0.2, 0.25) is 0 Å². The average molecular weight is 248 g/mol. The van der Waals surface area contributed by atoms with Gasteiger partial charge in [-0.1, -0.05) is 56.0 Å². The van der Waals surface area contributed by atoms with Gasteiger partial charge in [-0.3, -0.25) is 0 Å². The van der Waals surface area contributed by atoms with Crippen LogP contribution in [-0.4, -0.2) is 19.3 Å². The van der Waals surface area contributed by atoms with Crippen molar-refractivity contribution in [3.8, 4) is 0 Å². The Morgan fingerprint density at radius 3 is 2.50 bits per heavy atom. The van der Waals surface area contributed by atoms with Crippen LogP contribution in [0.3, 0.4) is 0 Å². The molecule has 1 fully saturated rings. The van der Waals surface area contributed by atoms with E-state index in [1.807, 2.05) is 6.07 Å². The van der Waals surface area contributed by atoms with Gasteiger partial charge in [-0.25, -0.2) is 0 Å². The Morgan fingerprint density at radius 1 is 1.00 bits per heavy atom. The van der Waals surface area contributed by atoms with E-state index in [9.17, 15) is 0 Å². The first-order chi connectivity index (χ1) is 8.95. The molecule has 1 aromatic carbocycles. The zero-order valence-electron chi connectivity index (χ0n) is 11.1. The van der Waals surface area contributed by atoms with Crippen LogP contribution < -0.4 is 0 Å². The molecule has 0 aliphatic carbocycles. The summed E-state index contributed by atoms with van der Waals surface area (Å²) < 4.78 is 10.8. The Morgan fingerprint density at radius 2 is 1.72 bits per heavy atom. The largest absolute Gasteiger partial charge is 0.377 e. The van der Waals surface area contributed by atoms with E-state index in [0.29, 0.717) is 6.10 Å². The summed E-state index contributed by atoms with van der Waals surface area (Å²) in [4.78, 5) is 0. The third-order valence-corrected chi connectivity index (χ3v) is 3.33. The van der Waals surface area contributed by atoms with Crippen molar-refractivity contribution in [1.82, 2.24) is 0 Å². The Balaban J connectivity index is 1.35. The maximum atomic E-state index is 5.65. The molecule has 0 aromatic heterocycles. The highest BCUT2D eigenvalue weighted by Gasteiger charge is 2.20. The first-order valence-corrected chi connectivity index (χ1v) is 7.18. The van der Waals surface area contributed by atoms with E-state index in [2.05, 4.69) is 24.3 Å². The van der Waals surface area contributed by atoms with Gasteiger partial charge in [0, 0.05) is 6.61 Å². The molecule has 1 saturated heterocycles. The zero-order chi connectivity index (χ0) is 12.5. The smallest absolute Gasteiger partial charge is 0.0810 e. The van der Waals surface area contributed by atoms with Crippen molar-refractivity contribution in [2.45, 2.75) is 51.2 Å². The van der Waals surface area contributed by atoms with Gasteiger partial charge in [0.25, 0.3) is 0 Å². The van der Waals surface area contributed by atoms with E-state index in [4.69, 9.17) is 9.47 Å². The molecule has 0 spiro atoms. The van der Waals surface area contributed by atoms with Crippen LogP contribution in [0.25, 0.3) is 0 Å². The van der Waals surface area contributed by atoms with Crippen molar-refractivity contribution in [3.05, 3.63) is 35.9 Å². The van der Waals surface area contributed by atoms with Gasteiger partial charge in [0.1, 0.15) is 0 Å². The van der Waals surface area contributed by atoms with Crippen LogP contribution in [0.1, 0.15) is 44.1 Å². The lowest BCUT2D eigenvalue weighted by Gasteiger charge is -2.04. The molecular formula is C16H24O2. The van der Waals surface area contributed by atoms with Gasteiger partial charge in [0.2, 0.25) is 0 Å². The molecule has 2 nitrogen and oxygen atoms in total. The van der Waals surface area contributed by atoms with E-state index >= 15 is 0 Å². The topological polar surface area (TPSA) is 21.8 Å². The molecule has 0 amide bonds. The summed E-state index contributed by atoms with van der Waals surface area (Å²) in [6, 6.07) is 10.4. The fourth-order valence-electron chi connectivity index (χ4n) is 2.11.